The summed E-state index contributed by atoms with van der Waals surface area (Å²) in [7, 11) is -3.68. The molecule has 0 bridgehead atoms. The molecule has 1 amide bonds. The fourth-order valence-corrected chi connectivity index (χ4v) is 3.96. The fourth-order valence-electron chi connectivity index (χ4n) is 2.97. The maximum Gasteiger partial charge on any atom is 0.254 e. The van der Waals surface area contributed by atoms with Crippen molar-refractivity contribution >= 4 is 15.9 Å². The number of hydrogen-bond donors (Lipinski definition) is 1. The molecule has 2 heterocycles. The van der Waals surface area contributed by atoms with Gasteiger partial charge in [0.1, 0.15) is 5.76 Å². The van der Waals surface area contributed by atoms with Crippen molar-refractivity contribution in [3.8, 4) is 0 Å². The van der Waals surface area contributed by atoms with Gasteiger partial charge in [-0.3, -0.25) is 4.79 Å². The molecule has 1 aliphatic rings. The minimum atomic E-state index is -3.68. The molecule has 2 aromatic rings. The Morgan fingerprint density at radius 1 is 1.15 bits per heavy atom. The molecule has 1 fully saturated rings. The van der Waals surface area contributed by atoms with Crippen LogP contribution < -0.4 is 4.72 Å². The number of hydrogen-bond acceptors (Lipinski definition) is 5. The average Bonchev–Trinajstić information content (AvgIpc) is 3.12. The van der Waals surface area contributed by atoms with Crippen molar-refractivity contribution in [3.63, 3.8) is 0 Å². The highest BCUT2D eigenvalue weighted by Gasteiger charge is 2.26. The summed E-state index contributed by atoms with van der Waals surface area (Å²) in [4.78, 5) is 14.5. The molecule has 1 aromatic heterocycles. The second-order valence-corrected chi connectivity index (χ2v) is 8.16. The highest BCUT2D eigenvalue weighted by molar-refractivity contribution is 7.89. The van der Waals surface area contributed by atoms with Crippen LogP contribution in [0.1, 0.15) is 30.0 Å². The maximum atomic E-state index is 12.6. The van der Waals surface area contributed by atoms with Crippen LogP contribution in [0.3, 0.4) is 0 Å². The van der Waals surface area contributed by atoms with Crippen molar-refractivity contribution in [2.45, 2.75) is 37.5 Å². The van der Waals surface area contributed by atoms with Gasteiger partial charge in [0.25, 0.3) is 5.91 Å². The smallest absolute Gasteiger partial charge is 0.254 e. The molecular formula is C18H22N2O5S. The summed E-state index contributed by atoms with van der Waals surface area (Å²) in [5, 5.41) is 0. The number of nitrogens with one attached hydrogen (secondary N) is 1. The van der Waals surface area contributed by atoms with Crippen molar-refractivity contribution in [3.05, 3.63) is 54.0 Å². The number of sulfonamides is 1. The van der Waals surface area contributed by atoms with Crippen molar-refractivity contribution in [1.29, 1.82) is 0 Å². The first-order chi connectivity index (χ1) is 12.3. The lowest BCUT2D eigenvalue weighted by atomic mass is 10.1. The number of carbonyl (C=O) groups excluding carboxylic acids is 1. The zero-order valence-electron chi connectivity index (χ0n) is 14.7. The van der Waals surface area contributed by atoms with Gasteiger partial charge in [-0.05, 0) is 50.2 Å². The quantitative estimate of drug-likeness (QED) is 0.860. The highest BCUT2D eigenvalue weighted by atomic mass is 32.2. The summed E-state index contributed by atoms with van der Waals surface area (Å²) in [6, 6.07) is 9.32. The first kappa shape index (κ1) is 18.6. The van der Waals surface area contributed by atoms with E-state index in [-0.39, 0.29) is 29.6 Å². The third-order valence-electron chi connectivity index (χ3n) is 4.13. The maximum absolute atomic E-state index is 12.6. The summed E-state index contributed by atoms with van der Waals surface area (Å²) >= 11 is 0. The largest absolute Gasteiger partial charge is 0.468 e. The van der Waals surface area contributed by atoms with Crippen LogP contribution in [-0.4, -0.2) is 44.5 Å². The summed E-state index contributed by atoms with van der Waals surface area (Å²) in [6.45, 7) is 4.97. The Balaban J connectivity index is 1.68. The van der Waals surface area contributed by atoms with Crippen LogP contribution in [-0.2, 0) is 21.3 Å². The van der Waals surface area contributed by atoms with Crippen LogP contribution in [0.4, 0.5) is 0 Å². The van der Waals surface area contributed by atoms with Gasteiger partial charge in [0.2, 0.25) is 10.0 Å². The molecule has 0 unspecified atom stereocenters. The Kier molecular flexibility index (Phi) is 5.45. The number of morpholine rings is 1. The predicted octanol–water partition coefficient (Wildman–Crippen LogP) is 2.01. The van der Waals surface area contributed by atoms with Crippen LogP contribution in [0, 0.1) is 0 Å². The number of furan rings is 1. The van der Waals surface area contributed by atoms with E-state index in [9.17, 15) is 13.2 Å². The van der Waals surface area contributed by atoms with E-state index in [2.05, 4.69) is 4.72 Å². The number of benzene rings is 1. The van der Waals surface area contributed by atoms with Gasteiger partial charge in [0.15, 0.2) is 0 Å². The summed E-state index contributed by atoms with van der Waals surface area (Å²) in [5.74, 6) is 0.399. The lowest BCUT2D eigenvalue weighted by Crippen LogP contribution is -2.48. The van der Waals surface area contributed by atoms with Gasteiger partial charge in [0.05, 0.1) is 29.9 Å². The molecule has 0 saturated carbocycles. The molecule has 0 spiro atoms. The molecule has 0 aliphatic carbocycles. The predicted molar refractivity (Wildman–Crippen MR) is 95.1 cm³/mol. The summed E-state index contributed by atoms with van der Waals surface area (Å²) in [5.41, 5.74) is 0.455. The standard InChI is InChI=1S/C18H22N2O5S/c1-13-11-20(12-14(2)25-13)18(21)15-5-7-17(8-6-15)26(22,23)19-10-16-4-3-9-24-16/h3-9,13-14,19H,10-12H2,1-2H3/t13-,14-/m0/s1. The van der Waals surface area contributed by atoms with Crippen LogP contribution >= 0.6 is 0 Å². The van der Waals surface area contributed by atoms with Gasteiger partial charge in [0, 0.05) is 18.7 Å². The molecule has 0 radical (unpaired) electrons. The Labute approximate surface area is 153 Å². The SMILES string of the molecule is C[C@H]1CN(C(=O)c2ccc(S(=O)(=O)NCc3ccco3)cc2)C[C@H](C)O1. The molecule has 2 atom stereocenters. The van der Waals surface area contributed by atoms with E-state index < -0.39 is 10.0 Å². The zero-order valence-corrected chi connectivity index (χ0v) is 15.5. The van der Waals surface area contributed by atoms with E-state index in [0.717, 1.165) is 0 Å². The van der Waals surface area contributed by atoms with Gasteiger partial charge >= 0.3 is 0 Å². The summed E-state index contributed by atoms with van der Waals surface area (Å²) < 4.78 is 37.9. The average molecular weight is 378 g/mol. The van der Waals surface area contributed by atoms with Crippen LogP contribution in [0.5, 0.6) is 0 Å². The molecule has 1 N–H and O–H groups in total. The minimum absolute atomic E-state index is 0.0202. The molecule has 1 aromatic carbocycles. The van der Waals surface area contributed by atoms with Crippen molar-refractivity contribution in [2.24, 2.45) is 0 Å². The van der Waals surface area contributed by atoms with E-state index in [0.29, 0.717) is 24.4 Å². The monoisotopic (exact) mass is 378 g/mol. The van der Waals surface area contributed by atoms with Gasteiger partial charge in [-0.2, -0.15) is 0 Å². The molecule has 8 heteroatoms. The third kappa shape index (κ3) is 4.32. The molecule has 3 rings (SSSR count). The van der Waals surface area contributed by atoms with E-state index in [1.807, 2.05) is 13.8 Å². The molecule has 140 valence electrons. The Morgan fingerprint density at radius 2 is 1.81 bits per heavy atom. The summed E-state index contributed by atoms with van der Waals surface area (Å²) in [6.07, 6.45) is 1.44. The normalized spacial score (nSPS) is 20.9. The van der Waals surface area contributed by atoms with Crippen LogP contribution in [0.15, 0.2) is 52.0 Å². The van der Waals surface area contributed by atoms with Gasteiger partial charge in [-0.25, -0.2) is 13.1 Å². The minimum Gasteiger partial charge on any atom is -0.468 e. The molecule has 26 heavy (non-hydrogen) atoms. The van der Waals surface area contributed by atoms with Crippen molar-refractivity contribution in [2.75, 3.05) is 13.1 Å². The van der Waals surface area contributed by atoms with Crippen LogP contribution in [0.25, 0.3) is 0 Å². The lowest BCUT2D eigenvalue weighted by molar-refractivity contribution is -0.0586. The number of ether oxygens (including phenoxy) is 1. The second-order valence-electron chi connectivity index (χ2n) is 6.40. The highest BCUT2D eigenvalue weighted by Crippen LogP contribution is 2.17. The number of rotatable bonds is 5. The van der Waals surface area contributed by atoms with Gasteiger partial charge in [-0.1, -0.05) is 0 Å². The first-order valence-corrected chi connectivity index (χ1v) is 9.90. The zero-order chi connectivity index (χ0) is 18.7. The number of carbonyl (C=O) groups is 1. The molecule has 1 aliphatic heterocycles. The molecule has 7 nitrogen and oxygen atoms in total. The molecule has 1 saturated heterocycles. The molecular weight excluding hydrogens is 356 g/mol. The number of amides is 1. The fraction of sp³-hybridized carbons (Fsp3) is 0.389. The van der Waals surface area contributed by atoms with E-state index >= 15 is 0 Å². The van der Waals surface area contributed by atoms with E-state index in [1.54, 1.807) is 17.0 Å². The van der Waals surface area contributed by atoms with E-state index in [4.69, 9.17) is 9.15 Å². The van der Waals surface area contributed by atoms with Crippen LogP contribution in [0.2, 0.25) is 0 Å². The topological polar surface area (TPSA) is 88.9 Å². The second kappa shape index (κ2) is 7.61. The number of nitrogens with zero attached hydrogens (tertiary/aromatic N) is 1. The Hall–Kier alpha value is -2.16. The Bertz CT molecular complexity index is 836. The Morgan fingerprint density at radius 3 is 2.38 bits per heavy atom. The first-order valence-electron chi connectivity index (χ1n) is 8.42. The van der Waals surface area contributed by atoms with Gasteiger partial charge < -0.3 is 14.1 Å². The van der Waals surface area contributed by atoms with Gasteiger partial charge in [-0.15, -0.1) is 0 Å². The van der Waals surface area contributed by atoms with Crippen molar-refractivity contribution in [1.82, 2.24) is 9.62 Å². The van der Waals surface area contributed by atoms with Crippen molar-refractivity contribution < 1.29 is 22.4 Å². The van der Waals surface area contributed by atoms with E-state index in [1.165, 1.54) is 30.5 Å². The third-order valence-corrected chi connectivity index (χ3v) is 5.55. The lowest BCUT2D eigenvalue weighted by Gasteiger charge is -2.35.